The van der Waals surface area contributed by atoms with E-state index >= 15 is 0 Å². The maximum absolute atomic E-state index is 6.70. The maximum Gasteiger partial charge on any atom is 0.494 e. The van der Waals surface area contributed by atoms with Crippen molar-refractivity contribution in [2.75, 3.05) is 0 Å². The van der Waals surface area contributed by atoms with Gasteiger partial charge in [-0.2, -0.15) is 0 Å². The Kier molecular flexibility index (Phi) is 3.70. The van der Waals surface area contributed by atoms with Gasteiger partial charge in [0.05, 0.1) is 20.9 Å². The molecule has 1 aliphatic heterocycles. The normalized spacial score (nSPS) is 18.8. The zero-order valence-electron chi connectivity index (χ0n) is 15.8. The quantitative estimate of drug-likeness (QED) is 0.360. The fourth-order valence-corrected chi connectivity index (χ4v) is 5.27. The highest BCUT2D eigenvalue weighted by molar-refractivity contribution is 7.27. The van der Waals surface area contributed by atoms with Crippen molar-refractivity contribution >= 4 is 66.5 Å². The summed E-state index contributed by atoms with van der Waals surface area (Å²) >= 11 is 8.46. The molecule has 0 unspecified atom stereocenters. The van der Waals surface area contributed by atoms with Gasteiger partial charge in [-0.25, -0.2) is 0 Å². The minimum atomic E-state index is -0.410. The molecule has 0 spiro atoms. The predicted octanol–water partition coefficient (Wildman–Crippen LogP) is 6.16. The Balaban J connectivity index is 1.73. The first-order valence-corrected chi connectivity index (χ1v) is 10.4. The zero-order valence-corrected chi connectivity index (χ0v) is 17.4. The van der Waals surface area contributed by atoms with Gasteiger partial charge in [-0.15, -0.1) is 11.3 Å². The predicted molar refractivity (Wildman–Crippen MR) is 118 cm³/mol. The second kappa shape index (κ2) is 5.71. The Bertz CT molecular complexity index is 1200. The van der Waals surface area contributed by atoms with Crippen LogP contribution >= 0.6 is 22.9 Å². The molecule has 5 rings (SSSR count). The molecular weight excluding hydrogens is 375 g/mol. The molecule has 27 heavy (non-hydrogen) atoms. The maximum atomic E-state index is 6.70. The molecule has 0 saturated carbocycles. The van der Waals surface area contributed by atoms with Crippen LogP contribution < -0.4 is 5.46 Å². The van der Waals surface area contributed by atoms with Crippen molar-refractivity contribution < 1.29 is 9.31 Å². The van der Waals surface area contributed by atoms with Crippen LogP contribution in [0.3, 0.4) is 0 Å². The summed E-state index contributed by atoms with van der Waals surface area (Å²) in [5.41, 5.74) is 0.233. The van der Waals surface area contributed by atoms with Crippen LogP contribution in [-0.2, 0) is 9.31 Å². The van der Waals surface area contributed by atoms with E-state index in [9.17, 15) is 0 Å². The van der Waals surface area contributed by atoms with Gasteiger partial charge >= 0.3 is 7.12 Å². The van der Waals surface area contributed by atoms with Gasteiger partial charge < -0.3 is 9.31 Å². The number of hydrogen-bond donors (Lipinski definition) is 0. The average Bonchev–Trinajstić information content (AvgIpc) is 3.10. The molecule has 4 aromatic rings. The van der Waals surface area contributed by atoms with Crippen molar-refractivity contribution in [3.63, 3.8) is 0 Å². The Hall–Kier alpha value is -1.59. The van der Waals surface area contributed by atoms with Crippen LogP contribution in [-0.4, -0.2) is 18.3 Å². The van der Waals surface area contributed by atoms with E-state index in [0.717, 1.165) is 20.6 Å². The van der Waals surface area contributed by atoms with E-state index in [1.807, 2.05) is 6.07 Å². The van der Waals surface area contributed by atoms with Crippen molar-refractivity contribution in [2.45, 2.75) is 38.9 Å². The Morgan fingerprint density at radius 3 is 2.26 bits per heavy atom. The van der Waals surface area contributed by atoms with Crippen molar-refractivity contribution in [3.8, 4) is 0 Å². The van der Waals surface area contributed by atoms with Crippen LogP contribution in [0, 0.1) is 0 Å². The van der Waals surface area contributed by atoms with E-state index in [0.29, 0.717) is 0 Å². The molecule has 0 N–H and O–H groups in total. The smallest absolute Gasteiger partial charge is 0.399 e. The van der Waals surface area contributed by atoms with E-state index in [1.54, 1.807) is 11.3 Å². The first kappa shape index (κ1) is 17.5. The lowest BCUT2D eigenvalue weighted by molar-refractivity contribution is 0.00578. The van der Waals surface area contributed by atoms with E-state index in [4.69, 9.17) is 20.9 Å². The van der Waals surface area contributed by atoms with Crippen LogP contribution in [0.2, 0.25) is 5.02 Å². The van der Waals surface area contributed by atoms with E-state index in [-0.39, 0.29) is 11.2 Å². The third kappa shape index (κ3) is 2.55. The molecule has 1 aliphatic rings. The summed E-state index contributed by atoms with van der Waals surface area (Å²) in [6.07, 6.45) is 0. The fraction of sp³-hybridized carbons (Fsp3) is 0.273. The third-order valence-electron chi connectivity index (χ3n) is 5.97. The molecule has 1 aromatic heterocycles. The van der Waals surface area contributed by atoms with E-state index < -0.39 is 7.12 Å². The summed E-state index contributed by atoms with van der Waals surface area (Å²) in [4.78, 5) is 0. The molecule has 5 heteroatoms. The number of halogens is 1. The van der Waals surface area contributed by atoms with Crippen molar-refractivity contribution in [1.82, 2.24) is 0 Å². The molecule has 0 radical (unpaired) electrons. The van der Waals surface area contributed by atoms with Gasteiger partial charge in [0, 0.05) is 15.5 Å². The molecule has 0 atom stereocenters. The first-order valence-electron chi connectivity index (χ1n) is 9.16. The molecule has 0 aliphatic carbocycles. The van der Waals surface area contributed by atoms with Gasteiger partial charge in [0.2, 0.25) is 0 Å². The minimum absolute atomic E-state index is 0.369. The van der Waals surface area contributed by atoms with Crippen LogP contribution in [0.25, 0.3) is 30.9 Å². The average molecular weight is 395 g/mol. The van der Waals surface area contributed by atoms with Crippen LogP contribution in [0.1, 0.15) is 27.7 Å². The van der Waals surface area contributed by atoms with Gasteiger partial charge in [0.25, 0.3) is 0 Å². The standard InChI is InChI=1S/C22H20BClO2S/c1-21(2)22(3,4)26-23(25-21)14-11-17-16-10-9-13-7-5-6-8-15(13)19(16)27-20(17)18(24)12-14/h5-12H,1-4H3. The summed E-state index contributed by atoms with van der Waals surface area (Å²) < 4.78 is 14.9. The highest BCUT2D eigenvalue weighted by atomic mass is 35.5. The molecule has 1 fully saturated rings. The minimum Gasteiger partial charge on any atom is -0.399 e. The van der Waals surface area contributed by atoms with Crippen LogP contribution in [0.5, 0.6) is 0 Å². The van der Waals surface area contributed by atoms with E-state index in [1.165, 1.54) is 20.9 Å². The molecule has 3 aromatic carbocycles. The largest absolute Gasteiger partial charge is 0.494 e. The second-order valence-electron chi connectivity index (χ2n) is 8.23. The Morgan fingerprint density at radius 2 is 1.52 bits per heavy atom. The van der Waals surface area contributed by atoms with Crippen molar-refractivity contribution in [2.24, 2.45) is 0 Å². The van der Waals surface area contributed by atoms with Gasteiger partial charge in [-0.3, -0.25) is 0 Å². The molecular formula is C22H20BClO2S. The summed E-state index contributed by atoms with van der Waals surface area (Å²) in [5, 5.41) is 5.66. The monoisotopic (exact) mass is 394 g/mol. The number of hydrogen-bond acceptors (Lipinski definition) is 3. The lowest BCUT2D eigenvalue weighted by Crippen LogP contribution is -2.41. The highest BCUT2D eigenvalue weighted by Gasteiger charge is 2.51. The zero-order chi connectivity index (χ0) is 19.0. The molecule has 2 heterocycles. The fourth-order valence-electron chi connectivity index (χ4n) is 3.70. The Morgan fingerprint density at radius 1 is 0.815 bits per heavy atom. The van der Waals surface area contributed by atoms with E-state index in [2.05, 4.69) is 70.2 Å². The van der Waals surface area contributed by atoms with Crippen molar-refractivity contribution in [3.05, 3.63) is 53.6 Å². The number of fused-ring (bicyclic) bond motifs is 5. The summed E-state index contributed by atoms with van der Waals surface area (Å²) in [5.74, 6) is 0. The third-order valence-corrected chi connectivity index (χ3v) is 7.66. The summed E-state index contributed by atoms with van der Waals surface area (Å²) in [7, 11) is -0.410. The molecule has 136 valence electrons. The molecule has 1 saturated heterocycles. The van der Waals surface area contributed by atoms with Crippen LogP contribution in [0.4, 0.5) is 0 Å². The lowest BCUT2D eigenvalue weighted by Gasteiger charge is -2.32. The topological polar surface area (TPSA) is 18.5 Å². The summed E-state index contributed by atoms with van der Waals surface area (Å²) in [6.45, 7) is 8.27. The van der Waals surface area contributed by atoms with Crippen LogP contribution in [0.15, 0.2) is 48.5 Å². The SMILES string of the molecule is CC1(C)OB(c2cc(Cl)c3sc4c5ccccc5ccc4c3c2)OC1(C)C. The van der Waals surface area contributed by atoms with Gasteiger partial charge in [-0.05, 0) is 50.0 Å². The van der Waals surface area contributed by atoms with Gasteiger partial charge in [0.1, 0.15) is 0 Å². The second-order valence-corrected chi connectivity index (χ2v) is 9.66. The Labute approximate surface area is 168 Å². The van der Waals surface area contributed by atoms with Crippen molar-refractivity contribution in [1.29, 1.82) is 0 Å². The van der Waals surface area contributed by atoms with Gasteiger partial charge in [0.15, 0.2) is 0 Å². The molecule has 0 amide bonds. The number of rotatable bonds is 1. The lowest BCUT2D eigenvalue weighted by atomic mass is 9.78. The molecule has 2 nitrogen and oxygen atoms in total. The summed E-state index contributed by atoms with van der Waals surface area (Å²) in [6, 6.07) is 17.0. The highest BCUT2D eigenvalue weighted by Crippen LogP contribution is 2.42. The first-order chi connectivity index (χ1) is 12.8. The number of thiophene rings is 1. The van der Waals surface area contributed by atoms with Gasteiger partial charge in [-0.1, -0.05) is 54.1 Å². The molecule has 0 bridgehead atoms. The number of benzene rings is 3.